The minimum Gasteiger partial charge on any atom is -0.207 e. The van der Waals surface area contributed by atoms with E-state index in [0.717, 1.165) is 16.4 Å². The molecule has 1 rings (SSSR count). The number of hydrogen-bond donors (Lipinski definition) is 1. The zero-order valence-electron chi connectivity index (χ0n) is 10.0. The number of hydrogen-bond acceptors (Lipinski definition) is 2. The lowest BCUT2D eigenvalue weighted by Crippen LogP contribution is -2.24. The van der Waals surface area contributed by atoms with Crippen molar-refractivity contribution >= 4 is 24.4 Å². The van der Waals surface area contributed by atoms with Crippen molar-refractivity contribution < 1.29 is 4.39 Å². The predicted molar refractivity (Wildman–Crippen MR) is 73.9 cm³/mol. The smallest absolute Gasteiger partial charge is 0.123 e. The van der Waals surface area contributed by atoms with E-state index in [-0.39, 0.29) is 11.2 Å². The molecule has 0 aliphatic carbocycles. The summed E-state index contributed by atoms with van der Waals surface area (Å²) in [7, 11) is 0. The molecule has 0 aliphatic rings. The van der Waals surface area contributed by atoms with Gasteiger partial charge in [-0.3, -0.25) is 0 Å². The van der Waals surface area contributed by atoms with Gasteiger partial charge in [-0.1, -0.05) is 20.8 Å². The van der Waals surface area contributed by atoms with Crippen LogP contribution < -0.4 is 0 Å². The Hall–Kier alpha value is -0.150. The molecule has 0 saturated carbocycles. The average molecular weight is 258 g/mol. The maximum Gasteiger partial charge on any atom is 0.123 e. The Bertz CT molecular complexity index is 314. The fourth-order valence-electron chi connectivity index (χ4n) is 1.30. The average Bonchev–Trinajstić information content (AvgIpc) is 2.19. The number of thiol groups is 1. The second-order valence-corrected chi connectivity index (χ2v) is 6.47. The number of benzene rings is 1. The predicted octanol–water partition coefficient (Wildman–Crippen LogP) is 4.51. The highest BCUT2D eigenvalue weighted by atomic mass is 32.2. The molecule has 1 atom stereocenters. The highest BCUT2D eigenvalue weighted by Gasteiger charge is 2.23. The van der Waals surface area contributed by atoms with E-state index in [1.165, 1.54) is 12.1 Å². The van der Waals surface area contributed by atoms with Gasteiger partial charge in [-0.15, -0.1) is 11.8 Å². The SMILES string of the molecule is CC(C)(C)C(CS)CSc1ccc(F)cc1. The van der Waals surface area contributed by atoms with Crippen LogP contribution in [0.4, 0.5) is 4.39 Å². The van der Waals surface area contributed by atoms with Crippen LogP contribution in [0, 0.1) is 17.2 Å². The first kappa shape index (κ1) is 13.9. The Labute approximate surface area is 107 Å². The molecule has 16 heavy (non-hydrogen) atoms. The van der Waals surface area contributed by atoms with Crippen LogP contribution in [0.15, 0.2) is 29.2 Å². The van der Waals surface area contributed by atoms with E-state index in [2.05, 4.69) is 33.4 Å². The monoisotopic (exact) mass is 258 g/mol. The highest BCUT2D eigenvalue weighted by Crippen LogP contribution is 2.32. The largest absolute Gasteiger partial charge is 0.207 e. The molecule has 1 unspecified atom stereocenters. The summed E-state index contributed by atoms with van der Waals surface area (Å²) >= 11 is 6.17. The van der Waals surface area contributed by atoms with Gasteiger partial charge >= 0.3 is 0 Å². The van der Waals surface area contributed by atoms with E-state index in [1.807, 2.05) is 12.1 Å². The van der Waals surface area contributed by atoms with Gasteiger partial charge < -0.3 is 0 Å². The standard InChI is InChI=1S/C13H19FS2/c1-13(2,3)10(8-15)9-16-12-6-4-11(14)5-7-12/h4-7,10,15H,8-9H2,1-3H3. The van der Waals surface area contributed by atoms with Gasteiger partial charge in [0, 0.05) is 10.6 Å². The third-order valence-electron chi connectivity index (χ3n) is 2.71. The Kier molecular flexibility index (Phi) is 5.19. The van der Waals surface area contributed by atoms with Crippen LogP contribution in [-0.4, -0.2) is 11.5 Å². The third-order valence-corrected chi connectivity index (χ3v) is 4.33. The van der Waals surface area contributed by atoms with E-state index in [9.17, 15) is 4.39 Å². The molecule has 0 fully saturated rings. The van der Waals surface area contributed by atoms with Crippen molar-refractivity contribution in [3.63, 3.8) is 0 Å². The van der Waals surface area contributed by atoms with Crippen LogP contribution in [0.2, 0.25) is 0 Å². The minimum atomic E-state index is -0.175. The first-order valence-corrected chi connectivity index (χ1v) is 7.04. The molecule has 0 spiro atoms. The van der Waals surface area contributed by atoms with E-state index < -0.39 is 0 Å². The zero-order valence-corrected chi connectivity index (χ0v) is 11.7. The first-order valence-electron chi connectivity index (χ1n) is 5.42. The van der Waals surface area contributed by atoms with E-state index in [0.29, 0.717) is 5.92 Å². The van der Waals surface area contributed by atoms with Gasteiger partial charge in [0.1, 0.15) is 5.82 Å². The maximum absolute atomic E-state index is 12.7. The summed E-state index contributed by atoms with van der Waals surface area (Å²) in [5.41, 5.74) is 0.273. The molecule has 0 saturated heterocycles. The lowest BCUT2D eigenvalue weighted by atomic mass is 9.83. The molecule has 3 heteroatoms. The van der Waals surface area contributed by atoms with E-state index in [4.69, 9.17) is 0 Å². The van der Waals surface area contributed by atoms with Crippen molar-refractivity contribution in [1.29, 1.82) is 0 Å². The number of thioether (sulfide) groups is 1. The molecular formula is C13H19FS2. The van der Waals surface area contributed by atoms with Crippen molar-refractivity contribution in [3.8, 4) is 0 Å². The fraction of sp³-hybridized carbons (Fsp3) is 0.538. The second-order valence-electron chi connectivity index (χ2n) is 5.01. The van der Waals surface area contributed by atoms with Gasteiger partial charge in [0.2, 0.25) is 0 Å². The molecule has 0 bridgehead atoms. The topological polar surface area (TPSA) is 0 Å². The number of rotatable bonds is 4. The van der Waals surface area contributed by atoms with Gasteiger partial charge in [0.05, 0.1) is 0 Å². The molecule has 0 aliphatic heterocycles. The summed E-state index contributed by atoms with van der Waals surface area (Å²) < 4.78 is 12.7. The second kappa shape index (κ2) is 5.97. The van der Waals surface area contributed by atoms with Crippen molar-refractivity contribution in [3.05, 3.63) is 30.1 Å². The summed E-state index contributed by atoms with van der Waals surface area (Å²) in [6, 6.07) is 6.68. The van der Waals surface area contributed by atoms with Gasteiger partial charge in [-0.25, -0.2) is 4.39 Å². The van der Waals surface area contributed by atoms with E-state index >= 15 is 0 Å². The van der Waals surface area contributed by atoms with Gasteiger partial charge in [-0.05, 0) is 41.4 Å². The van der Waals surface area contributed by atoms with Crippen LogP contribution in [0.5, 0.6) is 0 Å². The minimum absolute atomic E-state index is 0.175. The fourth-order valence-corrected chi connectivity index (χ4v) is 3.50. The molecule has 0 heterocycles. The van der Waals surface area contributed by atoms with Crippen molar-refractivity contribution in [2.45, 2.75) is 25.7 Å². The molecule has 1 aromatic rings. The molecule has 0 aromatic heterocycles. The quantitative estimate of drug-likeness (QED) is 0.612. The molecule has 0 amide bonds. The lowest BCUT2D eigenvalue weighted by molar-refractivity contribution is 0.294. The Morgan fingerprint density at radius 2 is 1.81 bits per heavy atom. The zero-order chi connectivity index (χ0) is 12.2. The molecular weight excluding hydrogens is 239 g/mol. The van der Waals surface area contributed by atoms with Gasteiger partial charge in [0.15, 0.2) is 0 Å². The molecule has 0 N–H and O–H groups in total. The van der Waals surface area contributed by atoms with Crippen LogP contribution in [-0.2, 0) is 0 Å². The Morgan fingerprint density at radius 1 is 1.25 bits per heavy atom. The maximum atomic E-state index is 12.7. The normalized spacial score (nSPS) is 13.8. The summed E-state index contributed by atoms with van der Waals surface area (Å²) in [5, 5.41) is 0. The number of halogens is 1. The summed E-state index contributed by atoms with van der Waals surface area (Å²) in [6.45, 7) is 6.71. The Morgan fingerprint density at radius 3 is 2.25 bits per heavy atom. The van der Waals surface area contributed by atoms with Crippen LogP contribution >= 0.6 is 24.4 Å². The van der Waals surface area contributed by atoms with Gasteiger partial charge in [0.25, 0.3) is 0 Å². The van der Waals surface area contributed by atoms with Crippen LogP contribution in [0.1, 0.15) is 20.8 Å². The summed E-state index contributed by atoms with van der Waals surface area (Å²) in [6.07, 6.45) is 0. The van der Waals surface area contributed by atoms with E-state index in [1.54, 1.807) is 11.8 Å². The van der Waals surface area contributed by atoms with Crippen molar-refractivity contribution in [2.75, 3.05) is 11.5 Å². The van der Waals surface area contributed by atoms with Crippen LogP contribution in [0.25, 0.3) is 0 Å². The highest BCUT2D eigenvalue weighted by molar-refractivity contribution is 7.99. The molecule has 1 aromatic carbocycles. The first-order chi connectivity index (χ1) is 7.43. The Balaban J connectivity index is 2.53. The third kappa shape index (κ3) is 4.38. The lowest BCUT2D eigenvalue weighted by Gasteiger charge is -2.29. The molecule has 0 radical (unpaired) electrons. The van der Waals surface area contributed by atoms with Crippen molar-refractivity contribution in [2.24, 2.45) is 11.3 Å². The molecule has 90 valence electrons. The van der Waals surface area contributed by atoms with Crippen molar-refractivity contribution in [1.82, 2.24) is 0 Å². The van der Waals surface area contributed by atoms with Crippen LogP contribution in [0.3, 0.4) is 0 Å². The van der Waals surface area contributed by atoms with Gasteiger partial charge in [-0.2, -0.15) is 12.6 Å². The summed E-state index contributed by atoms with van der Waals surface area (Å²) in [4.78, 5) is 1.12. The summed E-state index contributed by atoms with van der Waals surface area (Å²) in [5.74, 6) is 2.30. The molecule has 0 nitrogen and oxygen atoms in total.